The normalized spacial score (nSPS) is 43.8. The Labute approximate surface area is 74.1 Å². The number of rotatable bonds is 2. The Morgan fingerprint density at radius 1 is 1.25 bits per heavy atom. The van der Waals surface area contributed by atoms with Crippen molar-refractivity contribution in [1.82, 2.24) is 4.90 Å². The minimum Gasteiger partial charge on any atom is -0.324 e. The molecule has 3 rings (SSSR count). The van der Waals surface area contributed by atoms with Crippen LogP contribution in [0.3, 0.4) is 0 Å². The smallest absolute Gasteiger partial charge is 0.0283 e. The Bertz CT molecular complexity index is 188. The van der Waals surface area contributed by atoms with Gasteiger partial charge in [-0.05, 0) is 37.5 Å². The predicted octanol–water partition coefficient (Wildman–Crippen LogP) is 0.819. The van der Waals surface area contributed by atoms with Crippen molar-refractivity contribution < 1.29 is 0 Å². The Balaban J connectivity index is 1.55. The molecule has 1 saturated heterocycles. The maximum absolute atomic E-state index is 6.20. The molecule has 0 radical (unpaired) electrons. The molecule has 12 heavy (non-hydrogen) atoms. The quantitative estimate of drug-likeness (QED) is 0.658. The molecule has 2 N–H and O–H groups in total. The van der Waals surface area contributed by atoms with Crippen LogP contribution in [0.4, 0.5) is 0 Å². The summed E-state index contributed by atoms with van der Waals surface area (Å²) in [6, 6.07) is 0. The fraction of sp³-hybridized carbons (Fsp3) is 1.00. The first-order valence-electron chi connectivity index (χ1n) is 5.26. The van der Waals surface area contributed by atoms with Gasteiger partial charge in [-0.3, -0.25) is 0 Å². The third-order valence-electron chi connectivity index (χ3n) is 3.94. The van der Waals surface area contributed by atoms with Gasteiger partial charge in [0, 0.05) is 25.2 Å². The Morgan fingerprint density at radius 3 is 2.42 bits per heavy atom. The molecule has 0 amide bonds. The fourth-order valence-electron chi connectivity index (χ4n) is 2.86. The highest BCUT2D eigenvalue weighted by molar-refractivity contribution is 5.02. The van der Waals surface area contributed by atoms with Gasteiger partial charge in [0.25, 0.3) is 0 Å². The summed E-state index contributed by atoms with van der Waals surface area (Å²) in [7, 11) is 0. The summed E-state index contributed by atoms with van der Waals surface area (Å²) < 4.78 is 0. The van der Waals surface area contributed by atoms with Gasteiger partial charge in [0.15, 0.2) is 0 Å². The van der Waals surface area contributed by atoms with Crippen LogP contribution in [0.25, 0.3) is 0 Å². The molecule has 0 bridgehead atoms. The van der Waals surface area contributed by atoms with Crippen LogP contribution >= 0.6 is 0 Å². The van der Waals surface area contributed by atoms with Crippen LogP contribution < -0.4 is 5.73 Å². The molecule has 2 nitrogen and oxygen atoms in total. The highest BCUT2D eigenvalue weighted by Gasteiger charge is 2.47. The van der Waals surface area contributed by atoms with Crippen molar-refractivity contribution in [3.63, 3.8) is 0 Å². The first-order valence-corrected chi connectivity index (χ1v) is 5.26. The summed E-state index contributed by atoms with van der Waals surface area (Å²) in [6.45, 7) is 3.88. The number of nitrogens with zero attached hydrogens (tertiary/aromatic N) is 1. The highest BCUT2D eigenvalue weighted by Crippen LogP contribution is 2.45. The van der Waals surface area contributed by atoms with Gasteiger partial charge in [0.1, 0.15) is 0 Å². The van der Waals surface area contributed by atoms with Gasteiger partial charge in [0.05, 0.1) is 0 Å². The van der Waals surface area contributed by atoms with Crippen molar-refractivity contribution in [3.8, 4) is 0 Å². The van der Waals surface area contributed by atoms with E-state index < -0.39 is 0 Å². The van der Waals surface area contributed by atoms with Gasteiger partial charge in [0.2, 0.25) is 0 Å². The number of nitrogens with two attached hydrogens (primary N) is 1. The SMILES string of the molecule is NC1(CN2CC3CC3C2)CCC1. The summed E-state index contributed by atoms with van der Waals surface area (Å²) in [5.74, 6) is 2.13. The third-order valence-corrected chi connectivity index (χ3v) is 3.94. The highest BCUT2D eigenvalue weighted by atomic mass is 15.2. The molecule has 2 unspecified atom stereocenters. The lowest BCUT2D eigenvalue weighted by atomic mass is 9.77. The van der Waals surface area contributed by atoms with Gasteiger partial charge in [-0.25, -0.2) is 0 Å². The molecular weight excluding hydrogens is 148 g/mol. The van der Waals surface area contributed by atoms with Crippen molar-refractivity contribution in [1.29, 1.82) is 0 Å². The van der Waals surface area contributed by atoms with Crippen LogP contribution in [-0.2, 0) is 0 Å². The van der Waals surface area contributed by atoms with Crippen LogP contribution in [0.1, 0.15) is 25.7 Å². The number of fused-ring (bicyclic) bond motifs is 1. The van der Waals surface area contributed by atoms with Gasteiger partial charge in [-0.2, -0.15) is 0 Å². The summed E-state index contributed by atoms with van der Waals surface area (Å²) in [6.07, 6.45) is 5.39. The fourth-order valence-corrected chi connectivity index (χ4v) is 2.86. The zero-order chi connectivity index (χ0) is 8.18. The summed E-state index contributed by atoms with van der Waals surface area (Å²) in [4.78, 5) is 2.60. The Morgan fingerprint density at radius 2 is 1.92 bits per heavy atom. The molecule has 68 valence electrons. The molecule has 2 aliphatic carbocycles. The molecule has 0 aromatic heterocycles. The average molecular weight is 166 g/mol. The maximum Gasteiger partial charge on any atom is 0.0283 e. The first-order chi connectivity index (χ1) is 5.75. The second-order valence-electron chi connectivity index (χ2n) is 5.17. The van der Waals surface area contributed by atoms with E-state index in [0.29, 0.717) is 0 Å². The van der Waals surface area contributed by atoms with Crippen LogP contribution in [0, 0.1) is 11.8 Å². The van der Waals surface area contributed by atoms with E-state index in [4.69, 9.17) is 5.73 Å². The second kappa shape index (κ2) is 2.24. The number of hydrogen-bond acceptors (Lipinski definition) is 2. The Hall–Kier alpha value is -0.0800. The van der Waals surface area contributed by atoms with E-state index in [0.717, 1.165) is 11.8 Å². The van der Waals surface area contributed by atoms with Crippen LogP contribution in [0.15, 0.2) is 0 Å². The van der Waals surface area contributed by atoms with Gasteiger partial charge in [-0.15, -0.1) is 0 Å². The number of piperidine rings is 1. The van der Waals surface area contributed by atoms with Crippen LogP contribution in [0.5, 0.6) is 0 Å². The summed E-state index contributed by atoms with van der Waals surface area (Å²) >= 11 is 0. The lowest BCUT2D eigenvalue weighted by molar-refractivity contribution is 0.155. The molecule has 1 heterocycles. The second-order valence-corrected chi connectivity index (χ2v) is 5.17. The van der Waals surface area contributed by atoms with E-state index in [1.165, 1.54) is 45.3 Å². The summed E-state index contributed by atoms with van der Waals surface area (Å²) in [5.41, 5.74) is 6.42. The molecule has 0 aromatic rings. The van der Waals surface area contributed by atoms with Gasteiger partial charge in [-0.1, -0.05) is 0 Å². The molecule has 1 aliphatic heterocycles. The van der Waals surface area contributed by atoms with E-state index in [9.17, 15) is 0 Å². The molecule has 0 aromatic carbocycles. The van der Waals surface area contributed by atoms with Gasteiger partial charge >= 0.3 is 0 Å². The standard InChI is InChI=1S/C10H18N2/c11-10(2-1-3-10)7-12-5-8-4-9(8)6-12/h8-9H,1-7,11H2. The van der Waals surface area contributed by atoms with Gasteiger partial charge < -0.3 is 10.6 Å². The van der Waals surface area contributed by atoms with Crippen LogP contribution in [-0.4, -0.2) is 30.1 Å². The van der Waals surface area contributed by atoms with Crippen molar-refractivity contribution in [2.45, 2.75) is 31.2 Å². The van der Waals surface area contributed by atoms with Crippen molar-refractivity contribution in [2.24, 2.45) is 17.6 Å². The molecule has 0 spiro atoms. The molecule has 2 heteroatoms. The third kappa shape index (κ3) is 1.09. The molecule has 3 aliphatic rings. The van der Waals surface area contributed by atoms with E-state index in [1.807, 2.05) is 0 Å². The lowest BCUT2D eigenvalue weighted by Crippen LogP contribution is -2.54. The number of hydrogen-bond donors (Lipinski definition) is 1. The lowest BCUT2D eigenvalue weighted by Gasteiger charge is -2.41. The zero-order valence-electron chi connectivity index (χ0n) is 7.63. The summed E-state index contributed by atoms with van der Waals surface area (Å²) in [5, 5.41) is 0. The molecule has 3 fully saturated rings. The topological polar surface area (TPSA) is 29.3 Å². The van der Waals surface area contributed by atoms with E-state index in [-0.39, 0.29) is 5.54 Å². The van der Waals surface area contributed by atoms with E-state index >= 15 is 0 Å². The monoisotopic (exact) mass is 166 g/mol. The molecule has 2 saturated carbocycles. The first kappa shape index (κ1) is 7.34. The average Bonchev–Trinajstić information content (AvgIpc) is 2.57. The number of likely N-dealkylation sites (tertiary alicyclic amines) is 1. The minimum atomic E-state index is 0.219. The van der Waals surface area contributed by atoms with Crippen LogP contribution in [0.2, 0.25) is 0 Å². The van der Waals surface area contributed by atoms with Crippen molar-refractivity contribution in [2.75, 3.05) is 19.6 Å². The molecule has 2 atom stereocenters. The predicted molar refractivity (Wildman–Crippen MR) is 48.8 cm³/mol. The van der Waals surface area contributed by atoms with E-state index in [1.54, 1.807) is 0 Å². The Kier molecular flexibility index (Phi) is 1.37. The molecular formula is C10H18N2. The van der Waals surface area contributed by atoms with E-state index in [2.05, 4.69) is 4.90 Å². The largest absolute Gasteiger partial charge is 0.324 e. The zero-order valence-corrected chi connectivity index (χ0v) is 7.63. The maximum atomic E-state index is 6.20. The van der Waals surface area contributed by atoms with Crippen molar-refractivity contribution >= 4 is 0 Å². The minimum absolute atomic E-state index is 0.219. The van der Waals surface area contributed by atoms with Crippen molar-refractivity contribution in [3.05, 3.63) is 0 Å².